The zero-order valence-electron chi connectivity index (χ0n) is 48.4. The minimum atomic E-state index is -0.857. The molecule has 1 amide bonds. The Morgan fingerprint density at radius 2 is 0.653 bits per heavy atom. The zero-order chi connectivity index (χ0) is 52.2. The van der Waals surface area contributed by atoms with Gasteiger partial charge in [0.05, 0.1) is 25.4 Å². The first-order valence-corrected chi connectivity index (χ1v) is 32.3. The highest BCUT2D eigenvalue weighted by atomic mass is 16.5. The number of rotatable bonds is 60. The highest BCUT2D eigenvalue weighted by molar-refractivity contribution is 5.76. The molecule has 0 aliphatic rings. The standard InChI is InChI=1S/C66H125NO5/c1-3-5-7-9-11-13-15-17-19-20-21-22-23-24-25-26-27-28-31-34-38-42-46-50-54-58-64(69)63(62-68)67-65(70)59-55-51-47-43-39-35-32-29-30-33-37-41-45-49-53-57-61-72-66(71)60-56-52-48-44-40-36-18-16-14-12-10-8-6-4-2/h16,18,29,32,54,58,63-64,68-69H,3-15,17,19-28,30-31,33-53,55-57,59-62H2,1-2H3,(H,67,70)/b18-16-,32-29-,58-54+. The molecule has 0 aliphatic heterocycles. The van der Waals surface area contributed by atoms with E-state index in [2.05, 4.69) is 43.5 Å². The number of carbonyl (C=O) groups excluding carboxylic acids is 2. The van der Waals surface area contributed by atoms with E-state index in [4.69, 9.17) is 4.74 Å². The number of hydrogen-bond donors (Lipinski definition) is 3. The van der Waals surface area contributed by atoms with E-state index in [1.54, 1.807) is 6.08 Å². The van der Waals surface area contributed by atoms with E-state index in [0.29, 0.717) is 19.4 Å². The van der Waals surface area contributed by atoms with Crippen LogP contribution in [0.2, 0.25) is 0 Å². The molecule has 0 fully saturated rings. The smallest absolute Gasteiger partial charge is 0.305 e. The molecule has 6 nitrogen and oxygen atoms in total. The Bertz CT molecular complexity index is 1170. The zero-order valence-corrected chi connectivity index (χ0v) is 48.4. The summed E-state index contributed by atoms with van der Waals surface area (Å²) in [6.45, 7) is 4.89. The van der Waals surface area contributed by atoms with Crippen molar-refractivity contribution in [2.75, 3.05) is 13.2 Å². The van der Waals surface area contributed by atoms with Crippen LogP contribution in [0, 0.1) is 0 Å². The van der Waals surface area contributed by atoms with Crippen molar-refractivity contribution in [3.8, 4) is 0 Å². The number of carbonyl (C=O) groups is 2. The van der Waals surface area contributed by atoms with Gasteiger partial charge in [0.2, 0.25) is 5.91 Å². The maximum Gasteiger partial charge on any atom is 0.305 e. The van der Waals surface area contributed by atoms with Gasteiger partial charge in [0.15, 0.2) is 0 Å². The Labute approximate surface area is 449 Å². The van der Waals surface area contributed by atoms with Crippen molar-refractivity contribution in [1.29, 1.82) is 0 Å². The van der Waals surface area contributed by atoms with Gasteiger partial charge in [0.1, 0.15) is 0 Å². The summed E-state index contributed by atoms with van der Waals surface area (Å²) < 4.78 is 5.47. The number of hydrogen-bond acceptors (Lipinski definition) is 5. The average Bonchev–Trinajstić information content (AvgIpc) is 3.38. The van der Waals surface area contributed by atoms with E-state index in [0.717, 1.165) is 64.2 Å². The third-order valence-corrected chi connectivity index (χ3v) is 14.9. The van der Waals surface area contributed by atoms with Gasteiger partial charge in [-0.1, -0.05) is 288 Å². The average molecular weight is 1010 g/mol. The highest BCUT2D eigenvalue weighted by Crippen LogP contribution is 2.17. The summed E-state index contributed by atoms with van der Waals surface area (Å²) in [7, 11) is 0. The molecule has 0 aromatic heterocycles. The second-order valence-electron chi connectivity index (χ2n) is 22.1. The lowest BCUT2D eigenvalue weighted by Crippen LogP contribution is -2.45. The van der Waals surface area contributed by atoms with Crippen LogP contribution in [-0.2, 0) is 14.3 Å². The molecule has 2 unspecified atom stereocenters. The van der Waals surface area contributed by atoms with Gasteiger partial charge in [-0.25, -0.2) is 0 Å². The molecule has 0 bridgehead atoms. The van der Waals surface area contributed by atoms with Crippen LogP contribution in [0.3, 0.4) is 0 Å². The first-order chi connectivity index (χ1) is 35.5. The van der Waals surface area contributed by atoms with E-state index in [1.807, 2.05) is 6.08 Å². The Kier molecular flexibility index (Phi) is 60.0. The second-order valence-corrected chi connectivity index (χ2v) is 22.1. The largest absolute Gasteiger partial charge is 0.466 e. The molecule has 0 radical (unpaired) electrons. The Balaban J connectivity index is 3.49. The van der Waals surface area contributed by atoms with E-state index in [1.165, 1.54) is 257 Å². The molecule has 424 valence electrons. The summed E-state index contributed by atoms with van der Waals surface area (Å²) in [6, 6.07) is -0.642. The molecule has 3 N–H and O–H groups in total. The van der Waals surface area contributed by atoms with Crippen LogP contribution in [0.15, 0.2) is 36.5 Å². The number of unbranched alkanes of at least 4 members (excludes halogenated alkanes) is 45. The quantitative estimate of drug-likeness (QED) is 0.0320. The highest BCUT2D eigenvalue weighted by Gasteiger charge is 2.18. The van der Waals surface area contributed by atoms with Crippen LogP contribution in [0.4, 0.5) is 0 Å². The maximum absolute atomic E-state index is 12.5. The summed E-state index contributed by atoms with van der Waals surface area (Å²) in [4.78, 5) is 24.6. The molecule has 0 aromatic rings. The molecule has 0 saturated heterocycles. The monoisotopic (exact) mass is 1010 g/mol. The number of nitrogens with one attached hydrogen (secondary N) is 1. The molecule has 0 spiro atoms. The van der Waals surface area contributed by atoms with Crippen molar-refractivity contribution >= 4 is 11.9 Å². The van der Waals surface area contributed by atoms with Gasteiger partial charge in [-0.2, -0.15) is 0 Å². The fraction of sp³-hybridized carbons (Fsp3) is 0.879. The maximum atomic E-state index is 12.5. The number of aliphatic hydroxyl groups is 2. The topological polar surface area (TPSA) is 95.9 Å². The minimum absolute atomic E-state index is 0.0119. The van der Waals surface area contributed by atoms with E-state index >= 15 is 0 Å². The molecule has 2 atom stereocenters. The molecule has 72 heavy (non-hydrogen) atoms. The molecule has 0 aliphatic carbocycles. The van der Waals surface area contributed by atoms with Crippen LogP contribution in [-0.4, -0.2) is 47.4 Å². The van der Waals surface area contributed by atoms with Crippen LogP contribution in [0.25, 0.3) is 0 Å². The van der Waals surface area contributed by atoms with Crippen LogP contribution in [0.5, 0.6) is 0 Å². The minimum Gasteiger partial charge on any atom is -0.466 e. The molecular formula is C66H125NO5. The van der Waals surface area contributed by atoms with Gasteiger partial charge >= 0.3 is 5.97 Å². The summed E-state index contributed by atoms with van der Waals surface area (Å²) in [5.74, 6) is -0.0942. The summed E-state index contributed by atoms with van der Waals surface area (Å²) >= 11 is 0. The number of allylic oxidation sites excluding steroid dienone is 5. The van der Waals surface area contributed by atoms with Crippen LogP contribution < -0.4 is 5.32 Å². The summed E-state index contributed by atoms with van der Waals surface area (Å²) in [5, 5.41) is 23.2. The van der Waals surface area contributed by atoms with Crippen molar-refractivity contribution < 1.29 is 24.5 Å². The lowest BCUT2D eigenvalue weighted by molar-refractivity contribution is -0.143. The lowest BCUT2D eigenvalue weighted by atomic mass is 10.0. The van der Waals surface area contributed by atoms with Gasteiger partial charge in [0, 0.05) is 12.8 Å². The van der Waals surface area contributed by atoms with Gasteiger partial charge in [-0.05, 0) is 83.5 Å². The third-order valence-electron chi connectivity index (χ3n) is 14.9. The summed E-state index contributed by atoms with van der Waals surface area (Å²) in [5.41, 5.74) is 0. The lowest BCUT2D eigenvalue weighted by Gasteiger charge is -2.20. The van der Waals surface area contributed by atoms with Crippen molar-refractivity contribution in [1.82, 2.24) is 5.32 Å². The second kappa shape index (κ2) is 61.6. The first kappa shape index (κ1) is 70.1. The SMILES string of the molecule is CCCCCCC/C=C\CCCCCCCC(=O)OCCCCCCCCC/C=C\CCCCCCCC(=O)NC(CO)C(O)/C=C/CCCCCCCCCCCCCCCCCCCCCCCCC. The molecule has 0 aromatic carbocycles. The van der Waals surface area contributed by atoms with E-state index < -0.39 is 12.1 Å². The fourth-order valence-electron chi connectivity index (χ4n) is 9.92. The van der Waals surface area contributed by atoms with Crippen molar-refractivity contribution in [2.45, 2.75) is 360 Å². The predicted octanol–water partition coefficient (Wildman–Crippen LogP) is 20.4. The Morgan fingerprint density at radius 1 is 0.375 bits per heavy atom. The Hall–Kier alpha value is -1.92. The molecule has 0 heterocycles. The van der Waals surface area contributed by atoms with Gasteiger partial charge in [-0.3, -0.25) is 9.59 Å². The fourth-order valence-corrected chi connectivity index (χ4v) is 9.92. The molecule has 0 rings (SSSR count). The predicted molar refractivity (Wildman–Crippen MR) is 315 cm³/mol. The first-order valence-electron chi connectivity index (χ1n) is 32.3. The van der Waals surface area contributed by atoms with Crippen LogP contribution in [0.1, 0.15) is 348 Å². The number of esters is 1. The molecular weight excluding hydrogens is 887 g/mol. The number of amides is 1. The molecule has 6 heteroatoms. The van der Waals surface area contributed by atoms with Crippen molar-refractivity contribution in [2.24, 2.45) is 0 Å². The molecule has 0 saturated carbocycles. The Morgan fingerprint density at radius 3 is 0.986 bits per heavy atom. The van der Waals surface area contributed by atoms with Gasteiger partial charge in [-0.15, -0.1) is 0 Å². The van der Waals surface area contributed by atoms with Crippen molar-refractivity contribution in [3.05, 3.63) is 36.5 Å². The number of ether oxygens (including phenoxy) is 1. The normalized spacial score (nSPS) is 12.8. The van der Waals surface area contributed by atoms with Gasteiger partial charge < -0.3 is 20.3 Å². The third kappa shape index (κ3) is 57.4. The van der Waals surface area contributed by atoms with E-state index in [-0.39, 0.29) is 18.5 Å². The number of aliphatic hydroxyl groups excluding tert-OH is 2. The summed E-state index contributed by atoms with van der Waals surface area (Å²) in [6.07, 6.45) is 77.6. The van der Waals surface area contributed by atoms with Gasteiger partial charge in [0.25, 0.3) is 0 Å². The van der Waals surface area contributed by atoms with E-state index in [9.17, 15) is 19.8 Å². The van der Waals surface area contributed by atoms with Crippen molar-refractivity contribution in [3.63, 3.8) is 0 Å². The van der Waals surface area contributed by atoms with Crippen LogP contribution >= 0.6 is 0 Å².